The van der Waals surface area contributed by atoms with Crippen LogP contribution >= 0.6 is 11.8 Å². The van der Waals surface area contributed by atoms with Crippen molar-refractivity contribution in [1.82, 2.24) is 14.8 Å². The molecule has 0 saturated heterocycles. The molecular formula is C23H25N5O2S. The number of anilines is 2. The Morgan fingerprint density at radius 2 is 1.90 bits per heavy atom. The molecule has 31 heavy (non-hydrogen) atoms. The molecule has 0 bridgehead atoms. The smallest absolute Gasteiger partial charge is 0.250 e. The van der Waals surface area contributed by atoms with Crippen LogP contribution in [0.3, 0.4) is 0 Å². The van der Waals surface area contributed by atoms with Crippen molar-refractivity contribution in [3.05, 3.63) is 54.1 Å². The molecule has 160 valence electrons. The number of amides is 2. The van der Waals surface area contributed by atoms with Crippen molar-refractivity contribution in [3.63, 3.8) is 0 Å². The summed E-state index contributed by atoms with van der Waals surface area (Å²) in [4.78, 5) is 27.5. The van der Waals surface area contributed by atoms with Crippen LogP contribution in [0.4, 0.5) is 11.4 Å². The van der Waals surface area contributed by atoms with E-state index in [4.69, 9.17) is 0 Å². The summed E-state index contributed by atoms with van der Waals surface area (Å²) in [6.07, 6.45) is 0. The molecule has 0 spiro atoms. The van der Waals surface area contributed by atoms with E-state index >= 15 is 0 Å². The van der Waals surface area contributed by atoms with Gasteiger partial charge in [-0.2, -0.15) is 0 Å². The predicted molar refractivity (Wildman–Crippen MR) is 123 cm³/mol. The number of aromatic nitrogens is 3. The van der Waals surface area contributed by atoms with Crippen molar-refractivity contribution in [1.29, 1.82) is 0 Å². The molecule has 0 aliphatic carbocycles. The Balaban J connectivity index is 1.59. The summed E-state index contributed by atoms with van der Waals surface area (Å²) < 4.78 is 2.01. The van der Waals surface area contributed by atoms with Crippen molar-refractivity contribution in [3.8, 4) is 11.4 Å². The van der Waals surface area contributed by atoms with E-state index in [9.17, 15) is 9.59 Å². The molecule has 7 nitrogen and oxygen atoms in total. The number of carbonyl (C=O) groups is 2. The summed E-state index contributed by atoms with van der Waals surface area (Å²) in [5, 5.41) is 12.3. The minimum absolute atomic E-state index is 0.150. The Morgan fingerprint density at radius 1 is 1.13 bits per heavy atom. The maximum absolute atomic E-state index is 13.3. The first-order valence-corrected chi connectivity index (χ1v) is 11.2. The molecule has 0 saturated carbocycles. The fourth-order valence-corrected chi connectivity index (χ4v) is 4.62. The molecule has 0 fully saturated rings. The van der Waals surface area contributed by atoms with Crippen LogP contribution in [0.5, 0.6) is 0 Å². The quantitative estimate of drug-likeness (QED) is 0.610. The van der Waals surface area contributed by atoms with Crippen LogP contribution in [-0.4, -0.2) is 37.9 Å². The Bertz CT molecular complexity index is 1150. The Labute approximate surface area is 185 Å². The zero-order valence-electron chi connectivity index (χ0n) is 18.0. The molecule has 0 atom stereocenters. The second-order valence-corrected chi connectivity index (χ2v) is 8.91. The van der Waals surface area contributed by atoms with Gasteiger partial charge < -0.3 is 9.88 Å². The van der Waals surface area contributed by atoms with Crippen molar-refractivity contribution in [2.75, 3.05) is 16.0 Å². The third-order valence-corrected chi connectivity index (χ3v) is 6.34. The van der Waals surface area contributed by atoms with E-state index in [2.05, 4.69) is 21.6 Å². The first-order chi connectivity index (χ1) is 14.8. The minimum Gasteiger partial charge on any atom is -0.322 e. The normalized spacial score (nSPS) is 14.8. The van der Waals surface area contributed by atoms with Crippen LogP contribution in [0.2, 0.25) is 0 Å². The van der Waals surface area contributed by atoms with Crippen LogP contribution in [0.15, 0.2) is 53.7 Å². The maximum atomic E-state index is 13.3. The van der Waals surface area contributed by atoms with Gasteiger partial charge >= 0.3 is 0 Å². The van der Waals surface area contributed by atoms with Gasteiger partial charge in [0.15, 0.2) is 11.0 Å². The Kier molecular flexibility index (Phi) is 5.58. The maximum Gasteiger partial charge on any atom is 0.250 e. The molecule has 8 heteroatoms. The van der Waals surface area contributed by atoms with Gasteiger partial charge in [0.25, 0.3) is 0 Å². The van der Waals surface area contributed by atoms with Gasteiger partial charge in [0.1, 0.15) is 5.54 Å². The summed E-state index contributed by atoms with van der Waals surface area (Å²) in [5.41, 5.74) is 2.50. The molecule has 0 unspecified atom stereocenters. The molecule has 1 aromatic heterocycles. The highest BCUT2D eigenvalue weighted by Crippen LogP contribution is 2.37. The molecule has 2 heterocycles. The van der Waals surface area contributed by atoms with E-state index in [1.165, 1.54) is 11.8 Å². The second-order valence-electron chi connectivity index (χ2n) is 7.97. The van der Waals surface area contributed by atoms with E-state index in [1.807, 2.05) is 54.8 Å². The summed E-state index contributed by atoms with van der Waals surface area (Å²) in [6, 6.07) is 15.5. The molecule has 3 aromatic rings. The third kappa shape index (κ3) is 3.83. The molecular weight excluding hydrogens is 410 g/mol. The average molecular weight is 436 g/mol. The number of hydrogen-bond acceptors (Lipinski definition) is 5. The summed E-state index contributed by atoms with van der Waals surface area (Å²) in [6.45, 7) is 8.27. The zero-order chi connectivity index (χ0) is 22.2. The number of para-hydroxylation sites is 2. The van der Waals surface area contributed by atoms with Crippen LogP contribution in [0.25, 0.3) is 11.4 Å². The number of benzene rings is 2. The summed E-state index contributed by atoms with van der Waals surface area (Å²) in [7, 11) is 0. The number of nitrogens with zero attached hydrogens (tertiary/aromatic N) is 4. The fraction of sp³-hybridized carbons (Fsp3) is 0.304. The lowest BCUT2D eigenvalue weighted by Crippen LogP contribution is -2.59. The largest absolute Gasteiger partial charge is 0.322 e. The molecule has 0 radical (unpaired) electrons. The van der Waals surface area contributed by atoms with Crippen LogP contribution in [0, 0.1) is 6.92 Å². The monoisotopic (exact) mass is 435 g/mol. The van der Waals surface area contributed by atoms with E-state index in [0.717, 1.165) is 17.0 Å². The predicted octanol–water partition coefficient (Wildman–Crippen LogP) is 4.13. The van der Waals surface area contributed by atoms with Gasteiger partial charge in [0.2, 0.25) is 11.8 Å². The van der Waals surface area contributed by atoms with Crippen LogP contribution in [-0.2, 0) is 16.1 Å². The van der Waals surface area contributed by atoms with Gasteiger partial charge in [-0.25, -0.2) is 0 Å². The molecule has 2 amide bonds. The minimum atomic E-state index is -0.989. The lowest BCUT2D eigenvalue weighted by molar-refractivity contribution is -0.125. The van der Waals surface area contributed by atoms with Gasteiger partial charge in [-0.05, 0) is 45.9 Å². The highest BCUT2D eigenvalue weighted by atomic mass is 32.2. The first kappa shape index (κ1) is 21.1. The van der Waals surface area contributed by atoms with Crippen molar-refractivity contribution in [2.45, 2.75) is 44.9 Å². The number of nitrogens with one attached hydrogen (secondary N) is 1. The molecule has 1 N–H and O–H groups in total. The van der Waals surface area contributed by atoms with E-state index in [-0.39, 0.29) is 17.6 Å². The first-order valence-electron chi connectivity index (χ1n) is 10.2. The van der Waals surface area contributed by atoms with E-state index in [0.29, 0.717) is 23.1 Å². The highest BCUT2D eigenvalue weighted by Gasteiger charge is 2.43. The summed E-state index contributed by atoms with van der Waals surface area (Å²) in [5.74, 6) is 0.573. The van der Waals surface area contributed by atoms with Gasteiger partial charge in [0, 0.05) is 12.1 Å². The van der Waals surface area contributed by atoms with Crippen LogP contribution < -0.4 is 10.2 Å². The van der Waals surface area contributed by atoms with Crippen LogP contribution in [0.1, 0.15) is 26.3 Å². The number of thioether (sulfide) groups is 1. The molecule has 1 aliphatic heterocycles. The van der Waals surface area contributed by atoms with Gasteiger partial charge in [-0.15, -0.1) is 10.2 Å². The number of rotatable bonds is 5. The van der Waals surface area contributed by atoms with Gasteiger partial charge in [-0.3, -0.25) is 14.5 Å². The highest BCUT2D eigenvalue weighted by molar-refractivity contribution is 7.99. The lowest BCUT2D eigenvalue weighted by Gasteiger charge is -2.42. The SMILES string of the molecule is CCn1c(SCC(=O)N2c3ccccc3NC(=O)C2(C)C)nnc1-c1cccc(C)c1. The Hall–Kier alpha value is -3.13. The molecule has 1 aliphatic rings. The topological polar surface area (TPSA) is 80.1 Å². The zero-order valence-corrected chi connectivity index (χ0v) is 18.9. The van der Waals surface area contributed by atoms with E-state index in [1.54, 1.807) is 24.8 Å². The van der Waals surface area contributed by atoms with E-state index < -0.39 is 5.54 Å². The van der Waals surface area contributed by atoms with Crippen molar-refractivity contribution < 1.29 is 9.59 Å². The number of aryl methyl sites for hydroxylation is 1. The average Bonchev–Trinajstić information content (AvgIpc) is 3.15. The fourth-order valence-electron chi connectivity index (χ4n) is 3.77. The number of carbonyl (C=O) groups excluding carboxylic acids is 2. The second kappa shape index (κ2) is 8.19. The number of hydrogen-bond donors (Lipinski definition) is 1. The van der Waals surface area contributed by atoms with Crippen molar-refractivity contribution >= 4 is 35.0 Å². The lowest BCUT2D eigenvalue weighted by atomic mass is 9.96. The third-order valence-electron chi connectivity index (χ3n) is 5.39. The van der Waals surface area contributed by atoms with Gasteiger partial charge in [0.05, 0.1) is 17.1 Å². The van der Waals surface area contributed by atoms with Crippen molar-refractivity contribution in [2.24, 2.45) is 0 Å². The Morgan fingerprint density at radius 3 is 2.65 bits per heavy atom. The molecule has 2 aromatic carbocycles. The molecule has 4 rings (SSSR count). The summed E-state index contributed by atoms with van der Waals surface area (Å²) >= 11 is 1.34. The number of fused-ring (bicyclic) bond motifs is 1. The van der Waals surface area contributed by atoms with Gasteiger partial charge in [-0.1, -0.05) is 47.7 Å². The standard InChI is InChI=1S/C23H25N5O2S/c1-5-27-20(16-10-8-9-15(2)13-16)25-26-22(27)31-14-19(29)28-18-12-7-6-11-17(18)24-21(30)23(28,3)4/h6-13H,5,14H2,1-4H3,(H,24,30).